The molecule has 1 aromatic rings. The molecule has 0 aromatic heterocycles. The van der Waals surface area contributed by atoms with Crippen LogP contribution < -0.4 is 4.74 Å². The summed E-state index contributed by atoms with van der Waals surface area (Å²) in [4.78, 5) is 0. The average molecular weight is 325 g/mol. The van der Waals surface area contributed by atoms with E-state index in [1.54, 1.807) is 19.9 Å². The molecule has 0 aliphatic heterocycles. The SMILES string of the molecule is CC(C)S(=O)(=O)CCOc1cc(F)cc(Br)c1. The number of rotatable bonds is 5. The maximum atomic E-state index is 13.0. The second-order valence-electron chi connectivity index (χ2n) is 3.87. The molecule has 17 heavy (non-hydrogen) atoms. The molecule has 0 fully saturated rings. The van der Waals surface area contributed by atoms with Gasteiger partial charge in [-0.25, -0.2) is 12.8 Å². The molecule has 0 heterocycles. The van der Waals surface area contributed by atoms with Gasteiger partial charge in [0.15, 0.2) is 9.84 Å². The van der Waals surface area contributed by atoms with E-state index in [-0.39, 0.29) is 12.4 Å². The molecule has 0 bridgehead atoms. The number of halogens is 2. The fourth-order valence-electron chi connectivity index (χ4n) is 1.12. The summed E-state index contributed by atoms with van der Waals surface area (Å²) >= 11 is 3.13. The van der Waals surface area contributed by atoms with Crippen LogP contribution in [-0.2, 0) is 9.84 Å². The van der Waals surface area contributed by atoms with E-state index in [4.69, 9.17) is 4.74 Å². The van der Waals surface area contributed by atoms with E-state index < -0.39 is 20.9 Å². The molecule has 0 saturated carbocycles. The lowest BCUT2D eigenvalue weighted by Gasteiger charge is -2.09. The highest BCUT2D eigenvalue weighted by molar-refractivity contribution is 9.10. The van der Waals surface area contributed by atoms with Gasteiger partial charge in [-0.2, -0.15) is 0 Å². The van der Waals surface area contributed by atoms with Crippen LogP contribution in [0.1, 0.15) is 13.8 Å². The Bertz CT molecular complexity index is 465. The van der Waals surface area contributed by atoms with Crippen molar-refractivity contribution in [1.29, 1.82) is 0 Å². The second kappa shape index (κ2) is 5.82. The minimum absolute atomic E-state index is 0.0242. The van der Waals surface area contributed by atoms with E-state index in [1.807, 2.05) is 0 Å². The third kappa shape index (κ3) is 4.63. The van der Waals surface area contributed by atoms with Gasteiger partial charge in [-0.05, 0) is 26.0 Å². The van der Waals surface area contributed by atoms with Crippen LogP contribution in [0.25, 0.3) is 0 Å². The largest absolute Gasteiger partial charge is 0.492 e. The van der Waals surface area contributed by atoms with E-state index >= 15 is 0 Å². The first-order valence-corrected chi connectivity index (χ1v) is 7.62. The van der Waals surface area contributed by atoms with Crippen molar-refractivity contribution in [1.82, 2.24) is 0 Å². The molecule has 0 radical (unpaired) electrons. The van der Waals surface area contributed by atoms with Crippen LogP contribution in [0, 0.1) is 5.82 Å². The molecule has 96 valence electrons. The predicted molar refractivity (Wildman–Crippen MR) is 68.5 cm³/mol. The molecule has 1 aromatic carbocycles. The fraction of sp³-hybridized carbons (Fsp3) is 0.455. The Kier molecular flexibility index (Phi) is 4.94. The van der Waals surface area contributed by atoms with Crippen LogP contribution in [-0.4, -0.2) is 26.0 Å². The number of hydrogen-bond donors (Lipinski definition) is 0. The summed E-state index contributed by atoms with van der Waals surface area (Å²) in [5.41, 5.74) is 0. The fourth-order valence-corrected chi connectivity index (χ4v) is 2.35. The summed E-state index contributed by atoms with van der Waals surface area (Å²) in [6.07, 6.45) is 0. The van der Waals surface area contributed by atoms with Crippen LogP contribution in [0.5, 0.6) is 5.75 Å². The van der Waals surface area contributed by atoms with Gasteiger partial charge in [-0.1, -0.05) is 15.9 Å². The summed E-state index contributed by atoms with van der Waals surface area (Å²) < 4.78 is 41.7. The molecule has 0 N–H and O–H groups in total. The Hall–Kier alpha value is -0.620. The highest BCUT2D eigenvalue weighted by Crippen LogP contribution is 2.20. The first-order chi connectivity index (χ1) is 7.81. The Morgan fingerprint density at radius 3 is 2.53 bits per heavy atom. The minimum Gasteiger partial charge on any atom is -0.492 e. The lowest BCUT2D eigenvalue weighted by Crippen LogP contribution is -2.22. The van der Waals surface area contributed by atoms with Crippen LogP contribution >= 0.6 is 15.9 Å². The molecule has 1 rings (SSSR count). The van der Waals surface area contributed by atoms with Gasteiger partial charge in [0.2, 0.25) is 0 Å². The monoisotopic (exact) mass is 324 g/mol. The lowest BCUT2D eigenvalue weighted by molar-refractivity contribution is 0.338. The molecule has 6 heteroatoms. The molecule has 0 spiro atoms. The van der Waals surface area contributed by atoms with Crippen LogP contribution in [0.4, 0.5) is 4.39 Å². The number of benzene rings is 1. The van der Waals surface area contributed by atoms with Gasteiger partial charge in [-0.3, -0.25) is 0 Å². The van der Waals surface area contributed by atoms with Crippen molar-refractivity contribution in [3.8, 4) is 5.75 Å². The highest BCUT2D eigenvalue weighted by atomic mass is 79.9. The van der Waals surface area contributed by atoms with E-state index in [2.05, 4.69) is 15.9 Å². The van der Waals surface area contributed by atoms with Crippen molar-refractivity contribution in [2.24, 2.45) is 0 Å². The zero-order valence-electron chi connectivity index (χ0n) is 9.61. The molecule has 0 aliphatic carbocycles. The summed E-state index contributed by atoms with van der Waals surface area (Å²) in [6, 6.07) is 4.11. The topological polar surface area (TPSA) is 43.4 Å². The lowest BCUT2D eigenvalue weighted by atomic mass is 10.3. The smallest absolute Gasteiger partial charge is 0.155 e. The molecular weight excluding hydrogens is 311 g/mol. The van der Waals surface area contributed by atoms with E-state index in [0.717, 1.165) is 0 Å². The van der Waals surface area contributed by atoms with E-state index in [1.165, 1.54) is 12.1 Å². The third-order valence-corrected chi connectivity index (χ3v) is 4.82. The second-order valence-corrected chi connectivity index (χ2v) is 7.46. The maximum absolute atomic E-state index is 13.0. The molecule has 0 unspecified atom stereocenters. The van der Waals surface area contributed by atoms with Crippen LogP contribution in [0.3, 0.4) is 0 Å². The maximum Gasteiger partial charge on any atom is 0.155 e. The number of sulfone groups is 1. The van der Waals surface area contributed by atoms with Crippen LogP contribution in [0.2, 0.25) is 0 Å². The van der Waals surface area contributed by atoms with Crippen molar-refractivity contribution >= 4 is 25.8 Å². The molecule has 3 nitrogen and oxygen atoms in total. The molecule has 0 saturated heterocycles. The molecule has 0 aliphatic rings. The van der Waals surface area contributed by atoms with Gasteiger partial charge in [0.1, 0.15) is 18.2 Å². The quantitative estimate of drug-likeness (QED) is 0.836. The molecule has 0 atom stereocenters. The Labute approximate surface area is 109 Å². The van der Waals surface area contributed by atoms with Crippen molar-refractivity contribution in [2.75, 3.05) is 12.4 Å². The Morgan fingerprint density at radius 2 is 2.00 bits per heavy atom. The summed E-state index contributed by atoms with van der Waals surface area (Å²) in [7, 11) is -3.12. The standard InChI is InChI=1S/C11H14BrFO3S/c1-8(2)17(14,15)4-3-16-11-6-9(12)5-10(13)7-11/h5-8H,3-4H2,1-2H3. The Morgan fingerprint density at radius 1 is 1.35 bits per heavy atom. The van der Waals surface area contributed by atoms with Gasteiger partial charge >= 0.3 is 0 Å². The summed E-state index contributed by atoms with van der Waals surface area (Å²) in [5.74, 6) is -0.185. The van der Waals surface area contributed by atoms with Crippen molar-refractivity contribution < 1.29 is 17.5 Å². The predicted octanol–water partition coefficient (Wildman–Crippen LogP) is 2.79. The zero-order chi connectivity index (χ0) is 13.1. The van der Waals surface area contributed by atoms with Crippen molar-refractivity contribution in [3.63, 3.8) is 0 Å². The number of hydrogen-bond acceptors (Lipinski definition) is 3. The minimum atomic E-state index is -3.12. The number of ether oxygens (including phenoxy) is 1. The van der Waals surface area contributed by atoms with Crippen molar-refractivity contribution in [3.05, 3.63) is 28.5 Å². The Balaban J connectivity index is 2.57. The zero-order valence-corrected chi connectivity index (χ0v) is 12.0. The van der Waals surface area contributed by atoms with Gasteiger partial charge in [-0.15, -0.1) is 0 Å². The summed E-state index contributed by atoms with van der Waals surface area (Å²) in [6.45, 7) is 3.26. The third-order valence-electron chi connectivity index (χ3n) is 2.19. The van der Waals surface area contributed by atoms with Gasteiger partial charge in [0, 0.05) is 10.5 Å². The highest BCUT2D eigenvalue weighted by Gasteiger charge is 2.15. The van der Waals surface area contributed by atoms with E-state index in [0.29, 0.717) is 10.2 Å². The van der Waals surface area contributed by atoms with Gasteiger partial charge < -0.3 is 4.74 Å². The first kappa shape index (κ1) is 14.4. The summed E-state index contributed by atoms with van der Waals surface area (Å²) in [5, 5.41) is -0.426. The van der Waals surface area contributed by atoms with Crippen molar-refractivity contribution in [2.45, 2.75) is 19.1 Å². The van der Waals surface area contributed by atoms with Gasteiger partial charge in [0.25, 0.3) is 0 Å². The average Bonchev–Trinajstić information content (AvgIpc) is 2.15. The van der Waals surface area contributed by atoms with Crippen LogP contribution in [0.15, 0.2) is 22.7 Å². The molecule has 0 amide bonds. The first-order valence-electron chi connectivity index (χ1n) is 5.12. The normalized spacial score (nSPS) is 11.8. The van der Waals surface area contributed by atoms with E-state index in [9.17, 15) is 12.8 Å². The van der Waals surface area contributed by atoms with Gasteiger partial charge in [0.05, 0.1) is 11.0 Å². The molecular formula is C11H14BrFO3S.